The summed E-state index contributed by atoms with van der Waals surface area (Å²) in [6, 6.07) is 4.69. The van der Waals surface area contributed by atoms with E-state index in [4.69, 9.17) is 9.47 Å². The molecule has 1 saturated heterocycles. The number of rotatable bonds is 6. The minimum atomic E-state index is -0.841. The smallest absolute Gasteiger partial charge is 0.325 e. The molecule has 0 bridgehead atoms. The second kappa shape index (κ2) is 8.77. The van der Waals surface area contributed by atoms with Gasteiger partial charge in [0.1, 0.15) is 12.1 Å². The van der Waals surface area contributed by atoms with E-state index in [-0.39, 0.29) is 18.6 Å². The molecule has 1 spiro atoms. The highest BCUT2D eigenvalue weighted by Crippen LogP contribution is 2.37. The van der Waals surface area contributed by atoms with E-state index in [1.807, 2.05) is 0 Å². The van der Waals surface area contributed by atoms with Crippen LogP contribution >= 0.6 is 0 Å². The molecule has 1 aromatic carbocycles. The highest BCUT2D eigenvalue weighted by Gasteiger charge is 2.52. The SMILES string of the molecule is COc1ccc(NC(=O)CN2C(=O)NC3(CCC(C)CC3)C2=O)cc1OC1CCCC1. The zero-order valence-corrected chi connectivity index (χ0v) is 18.2. The summed E-state index contributed by atoms with van der Waals surface area (Å²) < 4.78 is 11.4. The minimum Gasteiger partial charge on any atom is -0.493 e. The van der Waals surface area contributed by atoms with Crippen molar-refractivity contribution in [1.82, 2.24) is 10.2 Å². The van der Waals surface area contributed by atoms with Crippen LogP contribution in [0.2, 0.25) is 0 Å². The Morgan fingerprint density at radius 2 is 1.87 bits per heavy atom. The first-order chi connectivity index (χ1) is 14.9. The molecule has 1 aromatic rings. The van der Waals surface area contributed by atoms with Crippen LogP contribution in [-0.4, -0.2) is 48.0 Å². The van der Waals surface area contributed by atoms with E-state index in [2.05, 4.69) is 17.6 Å². The molecular formula is C23H31N3O5. The first kappa shape index (κ1) is 21.5. The maximum atomic E-state index is 12.9. The fraction of sp³-hybridized carbons (Fsp3) is 0.609. The Morgan fingerprint density at radius 1 is 1.16 bits per heavy atom. The lowest BCUT2D eigenvalue weighted by Gasteiger charge is -2.33. The van der Waals surface area contributed by atoms with Crippen LogP contribution in [0.1, 0.15) is 58.3 Å². The summed E-state index contributed by atoms with van der Waals surface area (Å²) in [6.07, 6.45) is 7.49. The van der Waals surface area contributed by atoms with Crippen LogP contribution in [0, 0.1) is 5.92 Å². The quantitative estimate of drug-likeness (QED) is 0.675. The number of hydrogen-bond acceptors (Lipinski definition) is 5. The molecular weight excluding hydrogens is 398 g/mol. The molecule has 0 aromatic heterocycles. The molecule has 0 unspecified atom stereocenters. The number of urea groups is 1. The molecule has 4 amide bonds. The van der Waals surface area contributed by atoms with Crippen molar-refractivity contribution >= 4 is 23.5 Å². The average Bonchev–Trinajstić information content (AvgIpc) is 3.33. The molecule has 0 radical (unpaired) electrons. The van der Waals surface area contributed by atoms with Crippen LogP contribution in [0.3, 0.4) is 0 Å². The van der Waals surface area contributed by atoms with Crippen LogP contribution < -0.4 is 20.1 Å². The van der Waals surface area contributed by atoms with Crippen molar-refractivity contribution in [2.75, 3.05) is 19.0 Å². The third-order valence-electron chi connectivity index (χ3n) is 6.72. The van der Waals surface area contributed by atoms with Gasteiger partial charge in [0.05, 0.1) is 13.2 Å². The number of nitrogens with one attached hydrogen (secondary N) is 2. The van der Waals surface area contributed by atoms with Crippen molar-refractivity contribution in [2.45, 2.75) is 69.9 Å². The average molecular weight is 430 g/mol. The van der Waals surface area contributed by atoms with Gasteiger partial charge >= 0.3 is 6.03 Å². The fourth-order valence-electron chi connectivity index (χ4n) is 4.79. The number of benzene rings is 1. The van der Waals surface area contributed by atoms with Crippen LogP contribution in [0.4, 0.5) is 10.5 Å². The number of imide groups is 1. The number of amides is 4. The van der Waals surface area contributed by atoms with Crippen LogP contribution in [-0.2, 0) is 9.59 Å². The van der Waals surface area contributed by atoms with E-state index in [0.29, 0.717) is 35.9 Å². The minimum absolute atomic E-state index is 0.153. The van der Waals surface area contributed by atoms with Crippen LogP contribution in [0.5, 0.6) is 11.5 Å². The first-order valence-electron chi connectivity index (χ1n) is 11.2. The lowest BCUT2D eigenvalue weighted by molar-refractivity contribution is -0.135. The van der Waals surface area contributed by atoms with Gasteiger partial charge in [0.15, 0.2) is 11.5 Å². The second-order valence-corrected chi connectivity index (χ2v) is 9.02. The Kier molecular flexibility index (Phi) is 6.07. The maximum absolute atomic E-state index is 12.9. The Balaban J connectivity index is 1.40. The number of hydrogen-bond donors (Lipinski definition) is 2. The van der Waals surface area contributed by atoms with Gasteiger partial charge in [-0.15, -0.1) is 0 Å². The zero-order valence-electron chi connectivity index (χ0n) is 18.2. The van der Waals surface area contributed by atoms with E-state index < -0.39 is 17.5 Å². The van der Waals surface area contributed by atoms with E-state index in [9.17, 15) is 14.4 Å². The molecule has 0 atom stereocenters. The first-order valence-corrected chi connectivity index (χ1v) is 11.2. The van der Waals surface area contributed by atoms with E-state index in [1.165, 1.54) is 0 Å². The Labute approximate surface area is 182 Å². The number of carbonyl (C=O) groups is 3. The molecule has 1 aliphatic heterocycles. The van der Waals surface area contributed by atoms with Crippen LogP contribution in [0.15, 0.2) is 18.2 Å². The second-order valence-electron chi connectivity index (χ2n) is 9.02. The van der Waals surface area contributed by atoms with Crippen LogP contribution in [0.25, 0.3) is 0 Å². The summed E-state index contributed by atoms with van der Waals surface area (Å²) in [6.45, 7) is 1.84. The normalized spacial score (nSPS) is 26.3. The molecule has 31 heavy (non-hydrogen) atoms. The van der Waals surface area contributed by atoms with Gasteiger partial charge in [-0.05, 0) is 69.4 Å². The summed E-state index contributed by atoms with van der Waals surface area (Å²) in [5, 5.41) is 5.62. The summed E-state index contributed by atoms with van der Waals surface area (Å²) in [5.41, 5.74) is -0.307. The summed E-state index contributed by atoms with van der Waals surface area (Å²) in [7, 11) is 1.58. The largest absolute Gasteiger partial charge is 0.493 e. The number of ether oxygens (including phenoxy) is 2. The van der Waals surface area contributed by atoms with Crippen molar-refractivity contribution in [1.29, 1.82) is 0 Å². The van der Waals surface area contributed by atoms with Gasteiger partial charge in [0.2, 0.25) is 5.91 Å². The Morgan fingerprint density at radius 3 is 2.55 bits per heavy atom. The lowest BCUT2D eigenvalue weighted by Crippen LogP contribution is -2.49. The summed E-state index contributed by atoms with van der Waals surface area (Å²) in [4.78, 5) is 39.0. The van der Waals surface area contributed by atoms with E-state index >= 15 is 0 Å². The molecule has 8 heteroatoms. The van der Waals surface area contributed by atoms with Gasteiger partial charge in [0, 0.05) is 11.8 Å². The van der Waals surface area contributed by atoms with E-state index in [1.54, 1.807) is 25.3 Å². The van der Waals surface area contributed by atoms with Gasteiger partial charge in [-0.2, -0.15) is 0 Å². The Hall–Kier alpha value is -2.77. The summed E-state index contributed by atoms with van der Waals surface area (Å²) in [5.74, 6) is 1.01. The molecule has 1 heterocycles. The summed E-state index contributed by atoms with van der Waals surface area (Å²) >= 11 is 0. The van der Waals surface area contributed by atoms with Crippen molar-refractivity contribution in [3.63, 3.8) is 0 Å². The third kappa shape index (κ3) is 4.48. The molecule has 3 aliphatic rings. The number of nitrogens with zero attached hydrogens (tertiary/aromatic N) is 1. The van der Waals surface area contributed by atoms with Gasteiger partial charge in [-0.1, -0.05) is 6.92 Å². The molecule has 2 N–H and O–H groups in total. The van der Waals surface area contributed by atoms with E-state index in [0.717, 1.165) is 43.4 Å². The number of methoxy groups -OCH3 is 1. The Bertz CT molecular complexity index is 857. The van der Waals surface area contributed by atoms with Gasteiger partial charge < -0.3 is 20.1 Å². The molecule has 3 fully saturated rings. The third-order valence-corrected chi connectivity index (χ3v) is 6.72. The van der Waals surface area contributed by atoms with Crippen molar-refractivity contribution in [3.8, 4) is 11.5 Å². The standard InChI is InChI=1S/C23H31N3O5/c1-15-9-11-23(12-10-15)21(28)26(22(29)25-23)14-20(27)24-16-7-8-18(30-2)19(13-16)31-17-5-3-4-6-17/h7-8,13,15,17H,3-6,9-12,14H2,1-2H3,(H,24,27)(H,25,29). The van der Waals surface area contributed by atoms with Gasteiger partial charge in [0.25, 0.3) is 5.91 Å². The lowest BCUT2D eigenvalue weighted by atomic mass is 9.77. The highest BCUT2D eigenvalue weighted by atomic mass is 16.5. The predicted molar refractivity (Wildman–Crippen MR) is 115 cm³/mol. The molecule has 168 valence electrons. The molecule has 4 rings (SSSR count). The number of anilines is 1. The maximum Gasteiger partial charge on any atom is 0.325 e. The highest BCUT2D eigenvalue weighted by molar-refractivity contribution is 6.10. The number of carbonyl (C=O) groups excluding carboxylic acids is 3. The predicted octanol–water partition coefficient (Wildman–Crippen LogP) is 3.46. The topological polar surface area (TPSA) is 97.0 Å². The van der Waals surface area contributed by atoms with Gasteiger partial charge in [-0.25, -0.2) is 4.79 Å². The molecule has 2 saturated carbocycles. The zero-order chi connectivity index (χ0) is 22.0. The monoisotopic (exact) mass is 429 g/mol. The van der Waals surface area contributed by atoms with Crippen molar-refractivity contribution < 1.29 is 23.9 Å². The van der Waals surface area contributed by atoms with Crippen molar-refractivity contribution in [3.05, 3.63) is 18.2 Å². The fourth-order valence-corrected chi connectivity index (χ4v) is 4.79. The van der Waals surface area contributed by atoms with Gasteiger partial charge in [-0.3, -0.25) is 14.5 Å². The van der Waals surface area contributed by atoms with Crippen molar-refractivity contribution in [2.24, 2.45) is 5.92 Å². The molecule has 8 nitrogen and oxygen atoms in total. The molecule has 2 aliphatic carbocycles.